The zero-order valence-electron chi connectivity index (χ0n) is 21.3. The first-order valence-electron chi connectivity index (χ1n) is 12.8. The van der Waals surface area contributed by atoms with E-state index in [0.717, 1.165) is 24.3 Å². The molecule has 13 heteroatoms. The van der Waals surface area contributed by atoms with E-state index in [9.17, 15) is 40.7 Å². The van der Waals surface area contributed by atoms with Gasteiger partial charge in [-0.1, -0.05) is 24.3 Å². The molecule has 4 amide bonds. The summed E-state index contributed by atoms with van der Waals surface area (Å²) in [7, 11) is 0. The number of halogens is 6. The van der Waals surface area contributed by atoms with E-state index in [2.05, 4.69) is 10.6 Å². The van der Waals surface area contributed by atoms with Crippen LogP contribution in [0.5, 0.6) is 0 Å². The molecule has 4 rings (SSSR count). The molecule has 0 aromatic heterocycles. The molecule has 2 N–H and O–H groups in total. The van der Waals surface area contributed by atoms with Gasteiger partial charge in [0.2, 0.25) is 11.8 Å². The van der Waals surface area contributed by atoms with Crippen molar-refractivity contribution < 1.29 is 40.7 Å². The number of nitrogens with zero attached hydrogens (tertiary/aromatic N) is 2. The number of likely N-dealkylation sites (tertiary alicyclic amines) is 2. The number of carbonyl (C=O) groups excluding carboxylic acids is 3. The first kappa shape index (κ1) is 29.2. The van der Waals surface area contributed by atoms with Crippen molar-refractivity contribution in [3.8, 4) is 0 Å². The number of hydrogen-bond donors (Lipinski definition) is 2. The van der Waals surface area contributed by atoms with Gasteiger partial charge in [-0.25, -0.2) is 4.79 Å². The molecule has 0 saturated carbocycles. The van der Waals surface area contributed by atoms with Crippen LogP contribution in [-0.4, -0.2) is 53.8 Å². The smallest absolute Gasteiger partial charge is 0.340 e. The molecule has 2 fully saturated rings. The molecule has 216 valence electrons. The molecule has 0 aliphatic carbocycles. The first-order chi connectivity index (χ1) is 18.8. The van der Waals surface area contributed by atoms with Gasteiger partial charge in [0.25, 0.3) is 0 Å². The Kier molecular flexibility index (Phi) is 8.59. The molecule has 40 heavy (non-hydrogen) atoms. The number of rotatable bonds is 8. The van der Waals surface area contributed by atoms with E-state index < -0.39 is 41.6 Å². The van der Waals surface area contributed by atoms with Crippen LogP contribution in [0.1, 0.15) is 60.0 Å². The molecule has 7 nitrogen and oxygen atoms in total. The van der Waals surface area contributed by atoms with Crippen molar-refractivity contribution in [3.63, 3.8) is 0 Å². The Bertz CT molecular complexity index is 1160. The highest BCUT2D eigenvalue weighted by atomic mass is 19.4. The maximum Gasteiger partial charge on any atom is 0.416 e. The van der Waals surface area contributed by atoms with Crippen molar-refractivity contribution >= 4 is 17.8 Å². The predicted molar refractivity (Wildman–Crippen MR) is 132 cm³/mol. The number of carbonyl (C=O) groups is 3. The second-order valence-corrected chi connectivity index (χ2v) is 9.86. The molecule has 0 radical (unpaired) electrons. The molecule has 2 aromatic carbocycles. The summed E-state index contributed by atoms with van der Waals surface area (Å²) in [5.41, 5.74) is -1.65. The standard InChI is InChI=1S/C27H28F6N4O3/c28-26(29,30)19-7-1-5-17(13-19)21(15-36-11-3-9-23(36)38)34-25(40)35-22(16-37-12-4-10-24(37)39)18-6-2-8-20(14-18)27(31,32)33/h1-2,5-8,13-14,21-22H,3-4,9-12,15-16H2,(H2,34,35,40)/t21-,22-/m0/s1. The quantitative estimate of drug-likeness (QED) is 0.436. The number of hydrogen-bond acceptors (Lipinski definition) is 3. The molecule has 2 saturated heterocycles. The highest BCUT2D eigenvalue weighted by Crippen LogP contribution is 2.33. The number of benzene rings is 2. The number of urea groups is 1. The number of alkyl halides is 6. The Labute approximate surface area is 226 Å². The highest BCUT2D eigenvalue weighted by molar-refractivity contribution is 5.79. The largest absolute Gasteiger partial charge is 0.416 e. The Morgan fingerprint density at radius 1 is 0.725 bits per heavy atom. The minimum atomic E-state index is -4.64. The average Bonchev–Trinajstić information content (AvgIpc) is 3.49. The van der Waals surface area contributed by atoms with Crippen LogP contribution in [0.15, 0.2) is 48.5 Å². The summed E-state index contributed by atoms with van der Waals surface area (Å²) in [4.78, 5) is 40.6. The molecule has 0 unspecified atom stereocenters. The maximum atomic E-state index is 13.4. The third kappa shape index (κ3) is 7.24. The average molecular weight is 571 g/mol. The van der Waals surface area contributed by atoms with Crippen LogP contribution in [0.3, 0.4) is 0 Å². The minimum Gasteiger partial charge on any atom is -0.340 e. The summed E-state index contributed by atoms with van der Waals surface area (Å²) < 4.78 is 80.3. The third-order valence-electron chi connectivity index (χ3n) is 6.99. The summed E-state index contributed by atoms with van der Waals surface area (Å²) in [6, 6.07) is 5.78. The summed E-state index contributed by atoms with van der Waals surface area (Å²) in [5.74, 6) is -0.401. The Hall–Kier alpha value is -3.77. The Morgan fingerprint density at radius 2 is 1.12 bits per heavy atom. The van der Waals surface area contributed by atoms with Crippen molar-refractivity contribution in [2.24, 2.45) is 0 Å². The monoisotopic (exact) mass is 570 g/mol. The van der Waals surface area contributed by atoms with Gasteiger partial charge in [0.05, 0.1) is 23.2 Å². The van der Waals surface area contributed by atoms with E-state index in [4.69, 9.17) is 0 Å². The number of nitrogens with one attached hydrogen (secondary N) is 2. The number of amides is 4. The molecule has 2 atom stereocenters. The molecular formula is C27H28F6N4O3. The van der Waals surface area contributed by atoms with Crippen LogP contribution in [-0.2, 0) is 21.9 Å². The molecule has 2 aliphatic rings. The van der Waals surface area contributed by atoms with Gasteiger partial charge < -0.3 is 20.4 Å². The van der Waals surface area contributed by atoms with Crippen LogP contribution in [0.25, 0.3) is 0 Å². The fourth-order valence-corrected chi connectivity index (χ4v) is 4.93. The van der Waals surface area contributed by atoms with Crippen molar-refractivity contribution in [2.75, 3.05) is 26.2 Å². The van der Waals surface area contributed by atoms with Gasteiger partial charge >= 0.3 is 18.4 Å². The summed E-state index contributed by atoms with van der Waals surface area (Å²) in [6.07, 6.45) is -7.57. The minimum absolute atomic E-state index is 0.0909. The lowest BCUT2D eigenvalue weighted by Crippen LogP contribution is -2.46. The SMILES string of the molecule is O=C(N[C@@H](CN1CCCC1=O)c1cccc(C(F)(F)F)c1)N[C@@H](CN1CCCC1=O)c1cccc(C(F)(F)F)c1. The zero-order valence-corrected chi connectivity index (χ0v) is 21.3. The lowest BCUT2D eigenvalue weighted by Gasteiger charge is -2.29. The molecule has 2 aromatic rings. The van der Waals surface area contributed by atoms with Crippen LogP contribution >= 0.6 is 0 Å². The van der Waals surface area contributed by atoms with Crippen molar-refractivity contribution in [1.82, 2.24) is 20.4 Å². The Balaban J connectivity index is 1.59. The van der Waals surface area contributed by atoms with Gasteiger partial charge in [0.1, 0.15) is 0 Å². The fourth-order valence-electron chi connectivity index (χ4n) is 4.93. The predicted octanol–water partition coefficient (Wildman–Crippen LogP) is 5.05. The van der Waals surface area contributed by atoms with Gasteiger partial charge in [-0.2, -0.15) is 26.3 Å². The van der Waals surface area contributed by atoms with Crippen molar-refractivity contribution in [3.05, 3.63) is 70.8 Å². The van der Waals surface area contributed by atoms with E-state index in [0.29, 0.717) is 25.9 Å². The van der Waals surface area contributed by atoms with Gasteiger partial charge in [-0.15, -0.1) is 0 Å². The van der Waals surface area contributed by atoms with Crippen LogP contribution in [0, 0.1) is 0 Å². The lowest BCUT2D eigenvalue weighted by molar-refractivity contribution is -0.138. The fraction of sp³-hybridized carbons (Fsp3) is 0.444. The lowest BCUT2D eigenvalue weighted by atomic mass is 10.0. The first-order valence-corrected chi connectivity index (χ1v) is 12.8. The van der Waals surface area contributed by atoms with Crippen molar-refractivity contribution in [1.29, 1.82) is 0 Å². The molecule has 2 aliphatic heterocycles. The van der Waals surface area contributed by atoms with E-state index in [1.165, 1.54) is 34.1 Å². The van der Waals surface area contributed by atoms with E-state index in [1.807, 2.05) is 0 Å². The van der Waals surface area contributed by atoms with Gasteiger partial charge in [0.15, 0.2) is 0 Å². The van der Waals surface area contributed by atoms with E-state index in [-0.39, 0.29) is 48.9 Å². The van der Waals surface area contributed by atoms with Gasteiger partial charge in [0, 0.05) is 39.0 Å². The second-order valence-electron chi connectivity index (χ2n) is 9.86. The Morgan fingerprint density at radius 3 is 1.45 bits per heavy atom. The molecular weight excluding hydrogens is 542 g/mol. The summed E-state index contributed by atoms with van der Waals surface area (Å²) in [5, 5.41) is 5.21. The van der Waals surface area contributed by atoms with Crippen LogP contribution in [0.4, 0.5) is 31.1 Å². The van der Waals surface area contributed by atoms with E-state index in [1.54, 1.807) is 0 Å². The molecule has 0 spiro atoms. The topological polar surface area (TPSA) is 81.8 Å². The van der Waals surface area contributed by atoms with Crippen LogP contribution in [0.2, 0.25) is 0 Å². The normalized spacial score (nSPS) is 17.8. The summed E-state index contributed by atoms with van der Waals surface area (Å²) >= 11 is 0. The second kappa shape index (κ2) is 11.8. The maximum absolute atomic E-state index is 13.4. The van der Waals surface area contributed by atoms with Gasteiger partial charge in [-0.3, -0.25) is 9.59 Å². The molecule has 2 heterocycles. The third-order valence-corrected chi connectivity index (χ3v) is 6.99. The summed E-state index contributed by atoms with van der Waals surface area (Å²) in [6.45, 7) is 0.571. The van der Waals surface area contributed by atoms with E-state index >= 15 is 0 Å². The highest BCUT2D eigenvalue weighted by Gasteiger charge is 2.34. The van der Waals surface area contributed by atoms with Crippen molar-refractivity contribution in [2.45, 2.75) is 50.1 Å². The zero-order chi connectivity index (χ0) is 29.1. The van der Waals surface area contributed by atoms with Crippen LogP contribution < -0.4 is 10.6 Å². The van der Waals surface area contributed by atoms with Gasteiger partial charge in [-0.05, 0) is 48.2 Å². The molecule has 0 bridgehead atoms.